The van der Waals surface area contributed by atoms with Crippen LogP contribution in [0.25, 0.3) is 0 Å². The van der Waals surface area contributed by atoms with Gasteiger partial charge >= 0.3 is 5.97 Å². The van der Waals surface area contributed by atoms with Crippen molar-refractivity contribution < 1.29 is 9.53 Å². The first-order valence-corrected chi connectivity index (χ1v) is 5.48. The predicted molar refractivity (Wildman–Crippen MR) is 64.4 cm³/mol. The predicted octanol–water partition coefficient (Wildman–Crippen LogP) is -0.387. The summed E-state index contributed by atoms with van der Waals surface area (Å²) >= 11 is 0. The molecule has 0 aliphatic rings. The highest BCUT2D eigenvalue weighted by atomic mass is 16.5. The van der Waals surface area contributed by atoms with Gasteiger partial charge in [-0.1, -0.05) is 0 Å². The topological polar surface area (TPSA) is 59.4 Å². The van der Waals surface area contributed by atoms with Gasteiger partial charge in [0, 0.05) is 26.0 Å². The first-order chi connectivity index (χ1) is 8.08. The third kappa shape index (κ3) is 3.83. The van der Waals surface area contributed by atoms with Gasteiger partial charge in [0.1, 0.15) is 11.9 Å². The number of ether oxygens (including phenoxy) is 1. The van der Waals surface area contributed by atoms with Crippen LogP contribution >= 0.6 is 0 Å². The van der Waals surface area contributed by atoms with Crippen LogP contribution in [0, 0.1) is 0 Å². The molecule has 1 unspecified atom stereocenters. The summed E-state index contributed by atoms with van der Waals surface area (Å²) in [5.41, 5.74) is 0. The molecule has 17 heavy (non-hydrogen) atoms. The molecular weight excluding hydrogens is 220 g/mol. The van der Waals surface area contributed by atoms with E-state index in [1.54, 1.807) is 13.2 Å². The Morgan fingerprint density at radius 2 is 2.41 bits per heavy atom. The van der Waals surface area contributed by atoms with Gasteiger partial charge in [-0.3, -0.25) is 9.69 Å². The molecule has 1 rings (SSSR count). The van der Waals surface area contributed by atoms with Crippen LogP contribution in [0.1, 0.15) is 5.82 Å². The number of nitrogens with one attached hydrogen (secondary N) is 1. The fourth-order valence-corrected chi connectivity index (χ4v) is 1.59. The Kier molecular flexibility index (Phi) is 5.11. The van der Waals surface area contributed by atoms with E-state index >= 15 is 0 Å². The van der Waals surface area contributed by atoms with Crippen LogP contribution in [-0.4, -0.2) is 54.2 Å². The lowest BCUT2D eigenvalue weighted by atomic mass is 10.3. The van der Waals surface area contributed by atoms with Crippen molar-refractivity contribution in [2.45, 2.75) is 12.6 Å². The molecule has 0 spiro atoms. The maximum atomic E-state index is 11.4. The summed E-state index contributed by atoms with van der Waals surface area (Å²) in [6.07, 6.45) is 3.66. The van der Waals surface area contributed by atoms with Crippen molar-refractivity contribution in [2.24, 2.45) is 7.05 Å². The average Bonchev–Trinajstić information content (AvgIpc) is 2.71. The lowest BCUT2D eigenvalue weighted by Crippen LogP contribution is -2.44. The normalized spacial score (nSPS) is 12.8. The second-order valence-electron chi connectivity index (χ2n) is 4.02. The molecule has 6 nitrogen and oxygen atoms in total. The van der Waals surface area contributed by atoms with E-state index in [0.29, 0.717) is 13.1 Å². The van der Waals surface area contributed by atoms with Crippen LogP contribution in [0.15, 0.2) is 12.4 Å². The van der Waals surface area contributed by atoms with Crippen LogP contribution in [0.2, 0.25) is 0 Å². The van der Waals surface area contributed by atoms with Crippen LogP contribution in [0.5, 0.6) is 0 Å². The van der Waals surface area contributed by atoms with Gasteiger partial charge in [0.05, 0.1) is 13.7 Å². The van der Waals surface area contributed by atoms with Gasteiger partial charge in [-0.05, 0) is 14.1 Å². The van der Waals surface area contributed by atoms with E-state index in [2.05, 4.69) is 10.3 Å². The maximum absolute atomic E-state index is 11.4. The third-order valence-corrected chi connectivity index (χ3v) is 2.66. The average molecular weight is 240 g/mol. The number of aromatic nitrogens is 2. The molecule has 1 aromatic heterocycles. The number of aryl methyl sites for hydroxylation is 1. The second-order valence-corrected chi connectivity index (χ2v) is 4.02. The zero-order chi connectivity index (χ0) is 12.8. The van der Waals surface area contributed by atoms with Gasteiger partial charge in [-0.25, -0.2) is 4.98 Å². The molecule has 0 aliphatic heterocycles. The summed E-state index contributed by atoms with van der Waals surface area (Å²) in [5, 5.41) is 2.93. The smallest absolute Gasteiger partial charge is 0.324 e. The van der Waals surface area contributed by atoms with Gasteiger partial charge in [-0.15, -0.1) is 0 Å². The fraction of sp³-hybridized carbons (Fsp3) is 0.636. The van der Waals surface area contributed by atoms with Crippen molar-refractivity contribution in [3.05, 3.63) is 18.2 Å². The standard InChI is InChI=1S/C11H20N4O2/c1-12-9(11(16)17-4)7-14(2)8-10-13-5-6-15(10)3/h5-6,9,12H,7-8H2,1-4H3. The first kappa shape index (κ1) is 13.7. The summed E-state index contributed by atoms with van der Waals surface area (Å²) in [7, 11) is 7.04. The van der Waals surface area contributed by atoms with E-state index in [9.17, 15) is 4.79 Å². The first-order valence-electron chi connectivity index (χ1n) is 5.48. The SMILES string of the molecule is CNC(CN(C)Cc1nccn1C)C(=O)OC. The van der Waals surface area contributed by atoms with Crippen LogP contribution in [0.3, 0.4) is 0 Å². The van der Waals surface area contributed by atoms with Crippen molar-refractivity contribution in [1.29, 1.82) is 0 Å². The summed E-state index contributed by atoms with van der Waals surface area (Å²) < 4.78 is 6.68. The van der Waals surface area contributed by atoms with E-state index in [-0.39, 0.29) is 12.0 Å². The molecule has 1 heterocycles. The highest BCUT2D eigenvalue weighted by Gasteiger charge is 2.19. The molecule has 0 fully saturated rings. The Hall–Kier alpha value is -1.40. The van der Waals surface area contributed by atoms with Crippen LogP contribution in [0.4, 0.5) is 0 Å². The molecule has 1 N–H and O–H groups in total. The number of rotatable bonds is 6. The molecule has 96 valence electrons. The maximum Gasteiger partial charge on any atom is 0.324 e. The van der Waals surface area contributed by atoms with Crippen molar-refractivity contribution in [3.63, 3.8) is 0 Å². The number of carbonyl (C=O) groups excluding carboxylic acids is 1. The highest BCUT2D eigenvalue weighted by molar-refractivity contribution is 5.75. The van der Waals surface area contributed by atoms with Gasteiger partial charge in [0.15, 0.2) is 0 Å². The van der Waals surface area contributed by atoms with E-state index in [1.165, 1.54) is 7.11 Å². The van der Waals surface area contributed by atoms with Crippen molar-refractivity contribution in [1.82, 2.24) is 19.8 Å². The number of methoxy groups -OCH3 is 1. The number of carbonyl (C=O) groups is 1. The molecule has 1 aromatic rings. The number of hydrogen-bond donors (Lipinski definition) is 1. The van der Waals surface area contributed by atoms with Crippen molar-refractivity contribution >= 4 is 5.97 Å². The van der Waals surface area contributed by atoms with Gasteiger partial charge < -0.3 is 14.6 Å². The summed E-state index contributed by atoms with van der Waals surface area (Å²) in [6.45, 7) is 1.27. The van der Waals surface area contributed by atoms with E-state index in [1.807, 2.05) is 29.8 Å². The number of esters is 1. The second kappa shape index (κ2) is 6.36. The van der Waals surface area contributed by atoms with Crippen LogP contribution in [-0.2, 0) is 23.1 Å². The molecule has 0 amide bonds. The molecule has 0 bridgehead atoms. The Morgan fingerprint density at radius 1 is 1.71 bits per heavy atom. The van der Waals surface area contributed by atoms with E-state index in [0.717, 1.165) is 5.82 Å². The van der Waals surface area contributed by atoms with Gasteiger partial charge in [0.2, 0.25) is 0 Å². The molecule has 0 saturated carbocycles. The zero-order valence-corrected chi connectivity index (χ0v) is 10.8. The highest BCUT2D eigenvalue weighted by Crippen LogP contribution is 2.01. The number of imidazole rings is 1. The van der Waals surface area contributed by atoms with Gasteiger partial charge in [0.25, 0.3) is 0 Å². The molecule has 0 saturated heterocycles. The molecule has 0 aromatic carbocycles. The largest absolute Gasteiger partial charge is 0.468 e. The number of nitrogens with zero attached hydrogens (tertiary/aromatic N) is 3. The zero-order valence-electron chi connectivity index (χ0n) is 10.8. The quantitative estimate of drug-likeness (QED) is 0.686. The third-order valence-electron chi connectivity index (χ3n) is 2.66. The minimum atomic E-state index is -0.315. The van der Waals surface area contributed by atoms with Gasteiger partial charge in [-0.2, -0.15) is 0 Å². The minimum absolute atomic E-state index is 0.251. The van der Waals surface area contributed by atoms with E-state index < -0.39 is 0 Å². The summed E-state index contributed by atoms with van der Waals surface area (Å²) in [5.74, 6) is 0.714. The summed E-state index contributed by atoms with van der Waals surface area (Å²) in [4.78, 5) is 17.7. The Morgan fingerprint density at radius 3 is 2.88 bits per heavy atom. The molecule has 0 aliphatic carbocycles. The minimum Gasteiger partial charge on any atom is -0.468 e. The molecule has 6 heteroatoms. The monoisotopic (exact) mass is 240 g/mol. The number of hydrogen-bond acceptors (Lipinski definition) is 5. The lowest BCUT2D eigenvalue weighted by molar-refractivity contribution is -0.143. The molecule has 1 atom stereocenters. The Labute approximate surface area is 102 Å². The Balaban J connectivity index is 2.51. The fourth-order valence-electron chi connectivity index (χ4n) is 1.59. The van der Waals surface area contributed by atoms with Crippen molar-refractivity contribution in [3.8, 4) is 0 Å². The molecular formula is C11H20N4O2. The van der Waals surface area contributed by atoms with Crippen molar-refractivity contribution in [2.75, 3.05) is 27.7 Å². The molecule has 0 radical (unpaired) electrons. The summed E-state index contributed by atoms with van der Waals surface area (Å²) in [6, 6.07) is -0.315. The van der Waals surface area contributed by atoms with E-state index in [4.69, 9.17) is 4.74 Å². The van der Waals surface area contributed by atoms with Crippen LogP contribution < -0.4 is 5.32 Å². The Bertz CT molecular complexity index is 364. The lowest BCUT2D eigenvalue weighted by Gasteiger charge is -2.21. The number of likely N-dealkylation sites (N-methyl/N-ethyl adjacent to an activating group) is 2.